The van der Waals surface area contributed by atoms with Gasteiger partial charge >= 0.3 is 0 Å². The molecule has 0 atom stereocenters. The zero-order chi connectivity index (χ0) is 12.2. The van der Waals surface area contributed by atoms with Crippen LogP contribution in [-0.4, -0.2) is 51.1 Å². The molecule has 0 aliphatic rings. The zero-order valence-electron chi connectivity index (χ0n) is 11.8. The van der Waals surface area contributed by atoms with E-state index in [4.69, 9.17) is 0 Å². The number of nitrogens with zero attached hydrogens (tertiary/aromatic N) is 2. The number of unbranched alkanes of at least 4 members (excludes halogenated alkanes) is 1. The van der Waals surface area contributed by atoms with Gasteiger partial charge in [0.2, 0.25) is 0 Å². The van der Waals surface area contributed by atoms with Crippen LogP contribution in [0.3, 0.4) is 0 Å². The van der Waals surface area contributed by atoms with Gasteiger partial charge in [0, 0.05) is 19.6 Å². The van der Waals surface area contributed by atoms with Crippen molar-refractivity contribution in [3.8, 4) is 0 Å². The zero-order valence-corrected chi connectivity index (χ0v) is 14.1. The lowest BCUT2D eigenvalue weighted by Crippen LogP contribution is -2.37. The monoisotopic (exact) mass is 356 g/mol. The van der Waals surface area contributed by atoms with Crippen molar-refractivity contribution in [2.24, 2.45) is 4.99 Å². The van der Waals surface area contributed by atoms with Crippen molar-refractivity contribution >= 4 is 29.9 Å². The van der Waals surface area contributed by atoms with E-state index >= 15 is 0 Å². The van der Waals surface area contributed by atoms with Crippen LogP contribution in [0.15, 0.2) is 4.99 Å². The Balaban J connectivity index is 0. The first-order valence-electron chi connectivity index (χ1n) is 6.37. The average molecular weight is 356 g/mol. The molecule has 0 aromatic carbocycles. The van der Waals surface area contributed by atoms with Gasteiger partial charge in [0.25, 0.3) is 0 Å². The summed E-state index contributed by atoms with van der Waals surface area (Å²) < 4.78 is 0. The third-order valence-corrected chi connectivity index (χ3v) is 2.20. The van der Waals surface area contributed by atoms with Gasteiger partial charge in [0.15, 0.2) is 5.96 Å². The van der Waals surface area contributed by atoms with Crippen LogP contribution in [-0.2, 0) is 0 Å². The van der Waals surface area contributed by atoms with Gasteiger partial charge in [-0.25, -0.2) is 0 Å². The molecule has 0 saturated heterocycles. The van der Waals surface area contributed by atoms with Crippen LogP contribution >= 0.6 is 24.0 Å². The molecule has 0 bridgehead atoms. The van der Waals surface area contributed by atoms with Crippen molar-refractivity contribution in [2.75, 3.05) is 40.3 Å². The SMILES string of the molecule is CCCCNC(=NCCCN(C)C)NCC.I. The topological polar surface area (TPSA) is 39.7 Å². The molecule has 5 heteroatoms. The van der Waals surface area contributed by atoms with E-state index in [0.717, 1.165) is 38.6 Å². The number of halogens is 1. The molecule has 0 unspecified atom stereocenters. The second kappa shape index (κ2) is 14.0. The fraction of sp³-hybridized carbons (Fsp3) is 0.917. The van der Waals surface area contributed by atoms with Crippen LogP contribution in [0.4, 0.5) is 0 Å². The molecule has 17 heavy (non-hydrogen) atoms. The first-order chi connectivity index (χ1) is 7.70. The molecule has 0 aliphatic carbocycles. The Morgan fingerprint density at radius 2 is 1.82 bits per heavy atom. The maximum atomic E-state index is 4.52. The molecule has 2 N–H and O–H groups in total. The van der Waals surface area contributed by atoms with Crippen molar-refractivity contribution in [1.82, 2.24) is 15.5 Å². The minimum atomic E-state index is 0. The average Bonchev–Trinajstić information content (AvgIpc) is 2.24. The quantitative estimate of drug-likeness (QED) is 0.302. The minimum Gasteiger partial charge on any atom is -0.357 e. The summed E-state index contributed by atoms with van der Waals surface area (Å²) in [6.07, 6.45) is 3.52. The van der Waals surface area contributed by atoms with Gasteiger partial charge in [-0.15, -0.1) is 24.0 Å². The lowest BCUT2D eigenvalue weighted by Gasteiger charge is -2.11. The number of hydrogen-bond acceptors (Lipinski definition) is 2. The third-order valence-electron chi connectivity index (χ3n) is 2.20. The van der Waals surface area contributed by atoms with E-state index in [1.54, 1.807) is 0 Å². The lowest BCUT2D eigenvalue weighted by molar-refractivity contribution is 0.403. The first-order valence-corrected chi connectivity index (χ1v) is 6.37. The van der Waals surface area contributed by atoms with Crippen molar-refractivity contribution < 1.29 is 0 Å². The number of guanidine groups is 1. The molecule has 0 fully saturated rings. The molecule has 0 aromatic rings. The standard InChI is InChI=1S/C12H28N4.HI/c1-5-7-9-14-12(13-6-2)15-10-8-11-16(3)4;/h5-11H2,1-4H3,(H2,13,14,15);1H. The van der Waals surface area contributed by atoms with Gasteiger partial charge < -0.3 is 15.5 Å². The largest absolute Gasteiger partial charge is 0.357 e. The molecule has 0 aliphatic heterocycles. The highest BCUT2D eigenvalue weighted by Gasteiger charge is 1.95. The van der Waals surface area contributed by atoms with Gasteiger partial charge in [-0.2, -0.15) is 0 Å². The summed E-state index contributed by atoms with van der Waals surface area (Å²) in [7, 11) is 4.18. The minimum absolute atomic E-state index is 0. The van der Waals surface area contributed by atoms with E-state index in [1.165, 1.54) is 12.8 Å². The van der Waals surface area contributed by atoms with Crippen LogP contribution in [0, 0.1) is 0 Å². The van der Waals surface area contributed by atoms with Gasteiger partial charge in [0.1, 0.15) is 0 Å². The smallest absolute Gasteiger partial charge is 0.191 e. The Bertz CT molecular complexity index is 183. The molecule has 0 aromatic heterocycles. The third kappa shape index (κ3) is 13.9. The first kappa shape index (κ1) is 19.3. The normalized spacial score (nSPS) is 11.2. The highest BCUT2D eigenvalue weighted by Crippen LogP contribution is 1.86. The van der Waals surface area contributed by atoms with Gasteiger partial charge in [-0.1, -0.05) is 13.3 Å². The Kier molecular flexibility index (Phi) is 15.9. The molecule has 0 radical (unpaired) electrons. The Morgan fingerprint density at radius 1 is 1.12 bits per heavy atom. The fourth-order valence-corrected chi connectivity index (χ4v) is 1.30. The molecule has 0 saturated carbocycles. The molecular weight excluding hydrogens is 327 g/mol. The van der Waals surface area contributed by atoms with E-state index in [9.17, 15) is 0 Å². The van der Waals surface area contributed by atoms with Crippen molar-refractivity contribution in [1.29, 1.82) is 0 Å². The summed E-state index contributed by atoms with van der Waals surface area (Å²) in [5, 5.41) is 6.59. The van der Waals surface area contributed by atoms with Crippen LogP contribution in [0.2, 0.25) is 0 Å². The number of rotatable bonds is 8. The number of aliphatic imine (C=N–C) groups is 1. The summed E-state index contributed by atoms with van der Waals surface area (Å²) in [6, 6.07) is 0. The van der Waals surface area contributed by atoms with Gasteiger partial charge in [-0.3, -0.25) is 4.99 Å². The molecule has 0 heterocycles. The Labute approximate surface area is 124 Å². The predicted octanol–water partition coefficient (Wildman–Crippen LogP) is 1.91. The van der Waals surface area contributed by atoms with Crippen molar-refractivity contribution in [2.45, 2.75) is 33.1 Å². The van der Waals surface area contributed by atoms with Crippen LogP contribution in [0.5, 0.6) is 0 Å². The summed E-state index contributed by atoms with van der Waals surface area (Å²) in [6.45, 7) is 8.21. The summed E-state index contributed by atoms with van der Waals surface area (Å²) in [5.41, 5.74) is 0. The summed E-state index contributed by atoms with van der Waals surface area (Å²) in [4.78, 5) is 6.71. The summed E-state index contributed by atoms with van der Waals surface area (Å²) >= 11 is 0. The molecule has 104 valence electrons. The highest BCUT2D eigenvalue weighted by molar-refractivity contribution is 14.0. The Hall–Kier alpha value is -0.0400. The fourth-order valence-electron chi connectivity index (χ4n) is 1.30. The predicted molar refractivity (Wildman–Crippen MR) is 87.5 cm³/mol. The maximum absolute atomic E-state index is 4.52. The van der Waals surface area contributed by atoms with E-state index in [-0.39, 0.29) is 24.0 Å². The van der Waals surface area contributed by atoms with Crippen molar-refractivity contribution in [3.05, 3.63) is 0 Å². The van der Waals surface area contributed by atoms with E-state index in [2.05, 4.69) is 48.5 Å². The number of hydrogen-bond donors (Lipinski definition) is 2. The van der Waals surface area contributed by atoms with Gasteiger partial charge in [0.05, 0.1) is 0 Å². The highest BCUT2D eigenvalue weighted by atomic mass is 127. The van der Waals surface area contributed by atoms with Crippen LogP contribution in [0.25, 0.3) is 0 Å². The van der Waals surface area contributed by atoms with E-state index in [1.807, 2.05) is 0 Å². The Morgan fingerprint density at radius 3 is 2.35 bits per heavy atom. The molecule has 4 nitrogen and oxygen atoms in total. The van der Waals surface area contributed by atoms with Gasteiger partial charge in [-0.05, 0) is 40.4 Å². The van der Waals surface area contributed by atoms with Crippen molar-refractivity contribution in [3.63, 3.8) is 0 Å². The maximum Gasteiger partial charge on any atom is 0.191 e. The molecular formula is C12H29IN4. The van der Waals surface area contributed by atoms with Crippen LogP contribution < -0.4 is 10.6 Å². The molecule has 0 spiro atoms. The second-order valence-corrected chi connectivity index (χ2v) is 4.20. The second-order valence-electron chi connectivity index (χ2n) is 4.20. The van der Waals surface area contributed by atoms with E-state index < -0.39 is 0 Å². The summed E-state index contributed by atoms with van der Waals surface area (Å²) in [5.74, 6) is 0.953. The van der Waals surface area contributed by atoms with E-state index in [0.29, 0.717) is 0 Å². The lowest BCUT2D eigenvalue weighted by atomic mass is 10.3. The molecule has 0 amide bonds. The molecule has 0 rings (SSSR count). The van der Waals surface area contributed by atoms with Crippen LogP contribution in [0.1, 0.15) is 33.1 Å². The number of nitrogens with one attached hydrogen (secondary N) is 2.